The van der Waals surface area contributed by atoms with Crippen molar-refractivity contribution in [3.63, 3.8) is 0 Å². The van der Waals surface area contributed by atoms with Crippen LogP contribution in [0.15, 0.2) is 54.1 Å². The maximum Gasteiger partial charge on any atom is 0.0224 e. The van der Waals surface area contributed by atoms with E-state index < -0.39 is 0 Å². The van der Waals surface area contributed by atoms with E-state index in [0.29, 0.717) is 0 Å². The fourth-order valence-electron chi connectivity index (χ4n) is 3.59. The van der Waals surface area contributed by atoms with E-state index in [-0.39, 0.29) is 0 Å². The summed E-state index contributed by atoms with van der Waals surface area (Å²) in [6.07, 6.45) is 8.28. The highest BCUT2D eigenvalue weighted by molar-refractivity contribution is 5.91. The molecule has 2 heteroatoms. The molecule has 2 aromatic rings. The second kappa shape index (κ2) is 8.46. The molecule has 0 amide bonds. The van der Waals surface area contributed by atoms with E-state index >= 15 is 0 Å². The van der Waals surface area contributed by atoms with Crippen LogP contribution in [0.1, 0.15) is 37.3 Å². The Hall–Kier alpha value is -1.90. The van der Waals surface area contributed by atoms with Gasteiger partial charge < -0.3 is 10.2 Å². The number of fused-ring (bicyclic) bond motifs is 1. The van der Waals surface area contributed by atoms with E-state index in [2.05, 4.69) is 79.8 Å². The number of allylic oxidation sites excluding steroid dienone is 2. The minimum absolute atomic E-state index is 0.942. The molecule has 0 saturated carbocycles. The number of nitrogens with zero attached hydrogens (tertiary/aromatic N) is 1. The Bertz CT molecular complexity index is 784. The molecule has 25 heavy (non-hydrogen) atoms. The Kier molecular flexibility index (Phi) is 6.06. The van der Waals surface area contributed by atoms with Gasteiger partial charge in [0.15, 0.2) is 0 Å². The van der Waals surface area contributed by atoms with Crippen molar-refractivity contribution in [3.05, 3.63) is 65.3 Å². The predicted molar refractivity (Wildman–Crippen MR) is 110 cm³/mol. The Morgan fingerprint density at radius 1 is 1.08 bits per heavy atom. The first-order chi connectivity index (χ1) is 12.2. The standard InChI is InChI=1S/C23H30N2/c1-4-5-14-24-16-23-21-9-7-6-8-19(21)12-13-22(23)20-11-10-18(15-20)17-25(2)3/h6-10,12-13,15,24H,4-5,11,14,16-17H2,1-3H3. The zero-order valence-electron chi connectivity index (χ0n) is 15.8. The average Bonchev–Trinajstić information content (AvgIpc) is 3.06. The third kappa shape index (κ3) is 4.39. The van der Waals surface area contributed by atoms with Gasteiger partial charge in [-0.2, -0.15) is 0 Å². The van der Waals surface area contributed by atoms with E-state index in [0.717, 1.165) is 26.1 Å². The molecule has 0 heterocycles. The molecule has 3 rings (SSSR count). The third-order valence-corrected chi connectivity index (χ3v) is 4.84. The van der Waals surface area contributed by atoms with Gasteiger partial charge in [-0.15, -0.1) is 0 Å². The lowest BCUT2D eigenvalue weighted by Gasteiger charge is -2.15. The van der Waals surface area contributed by atoms with Crippen LogP contribution < -0.4 is 5.32 Å². The van der Waals surface area contributed by atoms with Gasteiger partial charge in [-0.25, -0.2) is 0 Å². The average molecular weight is 335 g/mol. The van der Waals surface area contributed by atoms with Crippen LogP contribution in [0.3, 0.4) is 0 Å². The zero-order chi connectivity index (χ0) is 17.6. The van der Waals surface area contributed by atoms with Crippen LogP contribution in [0.4, 0.5) is 0 Å². The summed E-state index contributed by atoms with van der Waals surface area (Å²) in [6.45, 7) is 5.28. The Morgan fingerprint density at radius 2 is 1.92 bits per heavy atom. The van der Waals surface area contributed by atoms with Crippen molar-refractivity contribution in [3.8, 4) is 0 Å². The quantitative estimate of drug-likeness (QED) is 0.683. The summed E-state index contributed by atoms with van der Waals surface area (Å²) in [6, 6.07) is 13.3. The van der Waals surface area contributed by atoms with Gasteiger partial charge in [0.2, 0.25) is 0 Å². The first-order valence-corrected chi connectivity index (χ1v) is 9.45. The molecule has 0 radical (unpaired) electrons. The lowest BCUT2D eigenvalue weighted by molar-refractivity contribution is 0.449. The van der Waals surface area contributed by atoms with Crippen LogP contribution in [0.5, 0.6) is 0 Å². The SMILES string of the molecule is CCCCNCc1c(C2=CC(CN(C)C)=CC2)ccc2ccccc12. The minimum atomic E-state index is 0.942. The molecular weight excluding hydrogens is 304 g/mol. The smallest absolute Gasteiger partial charge is 0.0224 e. The number of hydrogen-bond acceptors (Lipinski definition) is 2. The van der Waals surface area contributed by atoms with E-state index in [9.17, 15) is 0 Å². The number of likely N-dealkylation sites (N-methyl/N-ethyl adjacent to an activating group) is 1. The van der Waals surface area contributed by atoms with Gasteiger partial charge in [-0.05, 0) is 66.5 Å². The molecule has 0 aliphatic heterocycles. The van der Waals surface area contributed by atoms with Crippen LogP contribution in [-0.2, 0) is 6.54 Å². The van der Waals surface area contributed by atoms with Crippen LogP contribution >= 0.6 is 0 Å². The van der Waals surface area contributed by atoms with Gasteiger partial charge in [-0.1, -0.05) is 61.9 Å². The van der Waals surface area contributed by atoms with E-state index in [1.807, 2.05) is 0 Å². The van der Waals surface area contributed by atoms with Crippen LogP contribution in [0.25, 0.3) is 16.3 Å². The topological polar surface area (TPSA) is 15.3 Å². The summed E-state index contributed by atoms with van der Waals surface area (Å²) >= 11 is 0. The molecule has 1 aliphatic carbocycles. The highest BCUT2D eigenvalue weighted by atomic mass is 15.0. The fourth-order valence-corrected chi connectivity index (χ4v) is 3.59. The second-order valence-electron chi connectivity index (χ2n) is 7.23. The fraction of sp³-hybridized carbons (Fsp3) is 0.391. The number of unbranched alkanes of at least 4 members (excludes halogenated alkanes) is 1. The number of hydrogen-bond donors (Lipinski definition) is 1. The summed E-state index contributed by atoms with van der Waals surface area (Å²) in [5, 5.41) is 6.36. The largest absolute Gasteiger partial charge is 0.313 e. The highest BCUT2D eigenvalue weighted by Gasteiger charge is 2.15. The van der Waals surface area contributed by atoms with Gasteiger partial charge >= 0.3 is 0 Å². The van der Waals surface area contributed by atoms with E-state index in [1.54, 1.807) is 0 Å². The summed E-state index contributed by atoms with van der Waals surface area (Å²) in [7, 11) is 4.26. The Labute approximate surface area is 152 Å². The molecule has 0 atom stereocenters. The zero-order valence-corrected chi connectivity index (χ0v) is 15.8. The molecule has 0 unspecified atom stereocenters. The summed E-state index contributed by atoms with van der Waals surface area (Å²) < 4.78 is 0. The number of benzene rings is 2. The normalized spacial score (nSPS) is 14.2. The van der Waals surface area contributed by atoms with Gasteiger partial charge in [0, 0.05) is 13.1 Å². The van der Waals surface area contributed by atoms with Crippen LogP contribution in [0.2, 0.25) is 0 Å². The van der Waals surface area contributed by atoms with Crippen LogP contribution in [0, 0.1) is 0 Å². The molecule has 0 saturated heterocycles. The first-order valence-electron chi connectivity index (χ1n) is 9.45. The van der Waals surface area contributed by atoms with Crippen molar-refractivity contribution >= 4 is 16.3 Å². The molecule has 1 N–H and O–H groups in total. The van der Waals surface area contributed by atoms with Crippen molar-refractivity contribution in [2.75, 3.05) is 27.2 Å². The molecule has 0 bridgehead atoms. The lowest BCUT2D eigenvalue weighted by atomic mass is 9.93. The molecule has 132 valence electrons. The molecule has 1 aliphatic rings. The Balaban J connectivity index is 1.92. The van der Waals surface area contributed by atoms with Crippen molar-refractivity contribution < 1.29 is 0 Å². The molecule has 0 fully saturated rings. The number of nitrogens with one attached hydrogen (secondary N) is 1. The van der Waals surface area contributed by atoms with Gasteiger partial charge in [0.25, 0.3) is 0 Å². The lowest BCUT2D eigenvalue weighted by Crippen LogP contribution is -2.16. The van der Waals surface area contributed by atoms with Crippen molar-refractivity contribution in [2.24, 2.45) is 0 Å². The molecule has 0 aromatic heterocycles. The summed E-state index contributed by atoms with van der Waals surface area (Å²) in [5.41, 5.74) is 5.74. The molecule has 2 nitrogen and oxygen atoms in total. The second-order valence-corrected chi connectivity index (χ2v) is 7.23. The summed E-state index contributed by atoms with van der Waals surface area (Å²) in [5.74, 6) is 0. The Morgan fingerprint density at radius 3 is 2.72 bits per heavy atom. The van der Waals surface area contributed by atoms with Gasteiger partial charge in [0.05, 0.1) is 0 Å². The third-order valence-electron chi connectivity index (χ3n) is 4.84. The maximum absolute atomic E-state index is 3.65. The van der Waals surface area contributed by atoms with Gasteiger partial charge in [-0.3, -0.25) is 0 Å². The first kappa shape index (κ1) is 17.9. The highest BCUT2D eigenvalue weighted by Crippen LogP contribution is 2.33. The van der Waals surface area contributed by atoms with Crippen molar-refractivity contribution in [2.45, 2.75) is 32.7 Å². The molecule has 0 spiro atoms. The summed E-state index contributed by atoms with van der Waals surface area (Å²) in [4.78, 5) is 2.24. The van der Waals surface area contributed by atoms with E-state index in [1.165, 1.54) is 45.9 Å². The number of rotatable bonds is 8. The van der Waals surface area contributed by atoms with Gasteiger partial charge in [0.1, 0.15) is 0 Å². The maximum atomic E-state index is 3.65. The van der Waals surface area contributed by atoms with Crippen molar-refractivity contribution in [1.29, 1.82) is 0 Å². The predicted octanol–water partition coefficient (Wildman–Crippen LogP) is 5.00. The van der Waals surface area contributed by atoms with Crippen molar-refractivity contribution in [1.82, 2.24) is 10.2 Å². The monoisotopic (exact) mass is 334 g/mol. The minimum Gasteiger partial charge on any atom is -0.313 e. The molecular formula is C23H30N2. The van der Waals surface area contributed by atoms with Crippen LogP contribution in [-0.4, -0.2) is 32.1 Å². The molecule has 2 aromatic carbocycles. The van der Waals surface area contributed by atoms with E-state index in [4.69, 9.17) is 0 Å².